The van der Waals surface area contributed by atoms with E-state index in [9.17, 15) is 0 Å². The van der Waals surface area contributed by atoms with Crippen LogP contribution >= 0.6 is 0 Å². The fourth-order valence-corrected chi connectivity index (χ4v) is 2.88. The molecule has 0 saturated carbocycles. The Bertz CT molecular complexity index is 1030. The van der Waals surface area contributed by atoms with E-state index in [1.165, 1.54) is 11.1 Å². The Morgan fingerprint density at radius 1 is 0.926 bits per heavy atom. The van der Waals surface area contributed by atoms with Crippen LogP contribution in [0, 0.1) is 6.92 Å². The van der Waals surface area contributed by atoms with Crippen LogP contribution in [0.3, 0.4) is 0 Å². The van der Waals surface area contributed by atoms with Crippen molar-refractivity contribution in [2.45, 2.75) is 19.9 Å². The number of pyridine rings is 1. The van der Waals surface area contributed by atoms with Crippen LogP contribution in [-0.2, 0) is 0 Å². The third kappa shape index (κ3) is 3.72. The van der Waals surface area contributed by atoms with E-state index in [-0.39, 0.29) is 6.04 Å². The molecule has 0 amide bonds. The minimum absolute atomic E-state index is 0.0966. The summed E-state index contributed by atoms with van der Waals surface area (Å²) in [5.74, 6) is 1.73. The van der Waals surface area contributed by atoms with Gasteiger partial charge in [0.05, 0.1) is 5.56 Å². The van der Waals surface area contributed by atoms with Crippen LogP contribution in [0.1, 0.15) is 24.1 Å². The molecule has 0 aliphatic rings. The first-order valence-corrected chi connectivity index (χ1v) is 8.88. The Labute approximate surface area is 158 Å². The summed E-state index contributed by atoms with van der Waals surface area (Å²) < 4.78 is 5.52. The molecule has 0 fully saturated rings. The number of hydrogen-bond acceptors (Lipinski definition) is 5. The first-order chi connectivity index (χ1) is 13.2. The van der Waals surface area contributed by atoms with E-state index in [4.69, 9.17) is 4.52 Å². The molecule has 2 aromatic heterocycles. The monoisotopic (exact) mass is 356 g/mol. The van der Waals surface area contributed by atoms with Crippen LogP contribution in [-0.4, -0.2) is 15.1 Å². The molecule has 0 aliphatic carbocycles. The molecule has 5 nitrogen and oxygen atoms in total. The van der Waals surface area contributed by atoms with Crippen LogP contribution < -0.4 is 5.32 Å². The summed E-state index contributed by atoms with van der Waals surface area (Å²) in [5, 5.41) is 7.57. The van der Waals surface area contributed by atoms with Crippen molar-refractivity contribution < 1.29 is 4.52 Å². The Balaban J connectivity index is 1.62. The lowest BCUT2D eigenvalue weighted by Crippen LogP contribution is -2.08. The van der Waals surface area contributed by atoms with Crippen molar-refractivity contribution in [1.29, 1.82) is 0 Å². The summed E-state index contributed by atoms with van der Waals surface area (Å²) in [6.45, 7) is 4.15. The third-order valence-electron chi connectivity index (χ3n) is 4.43. The van der Waals surface area contributed by atoms with Gasteiger partial charge in [0.15, 0.2) is 0 Å². The molecule has 0 aliphatic heterocycles. The molecular weight excluding hydrogens is 336 g/mol. The second-order valence-corrected chi connectivity index (χ2v) is 6.47. The minimum Gasteiger partial charge on any atom is -0.363 e. The number of rotatable bonds is 5. The zero-order valence-electron chi connectivity index (χ0n) is 15.3. The fourth-order valence-electron chi connectivity index (χ4n) is 2.88. The highest BCUT2D eigenvalue weighted by atomic mass is 16.5. The number of aromatic nitrogens is 3. The first kappa shape index (κ1) is 17.0. The van der Waals surface area contributed by atoms with E-state index in [0.717, 1.165) is 11.1 Å². The van der Waals surface area contributed by atoms with Crippen molar-refractivity contribution >= 4 is 5.82 Å². The predicted octanol–water partition coefficient (Wildman–Crippen LogP) is 5.28. The van der Waals surface area contributed by atoms with Crippen LogP contribution in [0.5, 0.6) is 0 Å². The highest BCUT2D eigenvalue weighted by Crippen LogP contribution is 2.29. The van der Waals surface area contributed by atoms with Crippen molar-refractivity contribution in [1.82, 2.24) is 15.1 Å². The first-order valence-electron chi connectivity index (χ1n) is 8.88. The normalized spacial score (nSPS) is 11.9. The minimum atomic E-state index is 0.0966. The van der Waals surface area contributed by atoms with Crippen molar-refractivity contribution in [3.63, 3.8) is 0 Å². The summed E-state index contributed by atoms with van der Waals surface area (Å²) in [7, 11) is 0. The van der Waals surface area contributed by atoms with Crippen molar-refractivity contribution in [3.05, 3.63) is 84.1 Å². The van der Waals surface area contributed by atoms with Gasteiger partial charge in [-0.1, -0.05) is 65.3 Å². The predicted molar refractivity (Wildman–Crippen MR) is 106 cm³/mol. The molecule has 0 spiro atoms. The summed E-state index contributed by atoms with van der Waals surface area (Å²) in [4.78, 5) is 9.04. The topological polar surface area (TPSA) is 63.8 Å². The lowest BCUT2D eigenvalue weighted by molar-refractivity contribution is 0.432. The number of benzene rings is 2. The van der Waals surface area contributed by atoms with Crippen LogP contribution in [0.15, 0.2) is 77.4 Å². The van der Waals surface area contributed by atoms with Crippen LogP contribution in [0.25, 0.3) is 22.8 Å². The maximum Gasteiger partial charge on any atom is 0.261 e. The molecule has 1 atom stereocenters. The molecule has 1 unspecified atom stereocenters. The number of aryl methyl sites for hydroxylation is 1. The lowest BCUT2D eigenvalue weighted by Gasteiger charge is -2.16. The maximum atomic E-state index is 5.52. The summed E-state index contributed by atoms with van der Waals surface area (Å²) in [5.41, 5.74) is 4.08. The van der Waals surface area contributed by atoms with Crippen LogP contribution in [0.2, 0.25) is 0 Å². The van der Waals surface area contributed by atoms with E-state index >= 15 is 0 Å². The Morgan fingerprint density at radius 2 is 1.70 bits per heavy atom. The smallest absolute Gasteiger partial charge is 0.261 e. The van der Waals surface area contributed by atoms with Crippen LogP contribution in [0.4, 0.5) is 5.82 Å². The molecule has 0 radical (unpaired) electrons. The third-order valence-corrected chi connectivity index (χ3v) is 4.43. The van der Waals surface area contributed by atoms with Gasteiger partial charge in [-0.05, 0) is 31.5 Å². The number of nitrogens with one attached hydrogen (secondary N) is 1. The molecular formula is C22H20N4O. The maximum absolute atomic E-state index is 5.52. The molecule has 2 heterocycles. The summed E-state index contributed by atoms with van der Waals surface area (Å²) in [6.07, 6.45) is 1.75. The van der Waals surface area contributed by atoms with E-state index in [0.29, 0.717) is 17.5 Å². The molecule has 0 saturated heterocycles. The molecule has 1 N–H and O–H groups in total. The van der Waals surface area contributed by atoms with Gasteiger partial charge in [-0.3, -0.25) is 0 Å². The van der Waals surface area contributed by atoms with E-state index in [1.54, 1.807) is 6.20 Å². The van der Waals surface area contributed by atoms with Gasteiger partial charge in [-0.15, -0.1) is 0 Å². The highest BCUT2D eigenvalue weighted by molar-refractivity contribution is 5.70. The largest absolute Gasteiger partial charge is 0.363 e. The van der Waals surface area contributed by atoms with Gasteiger partial charge < -0.3 is 9.84 Å². The molecule has 4 rings (SSSR count). The van der Waals surface area contributed by atoms with Gasteiger partial charge in [-0.25, -0.2) is 4.98 Å². The molecule has 5 heteroatoms. The number of hydrogen-bond donors (Lipinski definition) is 1. The molecule has 0 bridgehead atoms. The van der Waals surface area contributed by atoms with Gasteiger partial charge in [0.25, 0.3) is 5.89 Å². The zero-order chi connectivity index (χ0) is 18.6. The summed E-state index contributed by atoms with van der Waals surface area (Å²) in [6, 6.07) is 22.2. The van der Waals surface area contributed by atoms with Crippen molar-refractivity contribution in [2.24, 2.45) is 0 Å². The Kier molecular flexibility index (Phi) is 4.66. The average molecular weight is 356 g/mol. The molecule has 2 aromatic carbocycles. The second-order valence-electron chi connectivity index (χ2n) is 6.47. The molecule has 4 aromatic rings. The zero-order valence-corrected chi connectivity index (χ0v) is 15.3. The standard InChI is InChI=1S/C22H20N4O/c1-15-10-12-18(13-11-15)20-25-22(27-26-20)19-9-6-14-23-21(19)24-16(2)17-7-4-3-5-8-17/h3-14,16H,1-2H3,(H,23,24). The van der Waals surface area contributed by atoms with Gasteiger partial charge in [0, 0.05) is 17.8 Å². The number of nitrogens with zero attached hydrogens (tertiary/aromatic N) is 3. The van der Waals surface area contributed by atoms with E-state index < -0.39 is 0 Å². The van der Waals surface area contributed by atoms with Crippen molar-refractivity contribution in [2.75, 3.05) is 5.32 Å². The molecule has 134 valence electrons. The second kappa shape index (κ2) is 7.41. The Morgan fingerprint density at radius 3 is 2.48 bits per heavy atom. The Hall–Kier alpha value is -3.47. The molecule has 27 heavy (non-hydrogen) atoms. The van der Waals surface area contributed by atoms with E-state index in [1.807, 2.05) is 61.5 Å². The van der Waals surface area contributed by atoms with Gasteiger partial charge in [0.2, 0.25) is 5.82 Å². The summed E-state index contributed by atoms with van der Waals surface area (Å²) >= 11 is 0. The van der Waals surface area contributed by atoms with Gasteiger partial charge >= 0.3 is 0 Å². The SMILES string of the molecule is Cc1ccc(-c2noc(-c3cccnc3NC(C)c3ccccc3)n2)cc1. The van der Waals surface area contributed by atoms with Crippen molar-refractivity contribution in [3.8, 4) is 22.8 Å². The van der Waals surface area contributed by atoms with E-state index in [2.05, 4.69) is 39.5 Å². The van der Waals surface area contributed by atoms with Gasteiger partial charge in [-0.2, -0.15) is 4.98 Å². The average Bonchev–Trinajstić information content (AvgIpc) is 3.19. The number of anilines is 1. The fraction of sp³-hybridized carbons (Fsp3) is 0.136. The quantitative estimate of drug-likeness (QED) is 0.527. The lowest BCUT2D eigenvalue weighted by atomic mass is 10.1. The highest BCUT2D eigenvalue weighted by Gasteiger charge is 2.16. The van der Waals surface area contributed by atoms with Gasteiger partial charge in [0.1, 0.15) is 5.82 Å².